The summed E-state index contributed by atoms with van der Waals surface area (Å²) in [4.78, 5) is 3.97. The van der Waals surface area contributed by atoms with Crippen molar-refractivity contribution in [2.24, 2.45) is 0 Å². The second-order valence-corrected chi connectivity index (χ2v) is 3.40. The van der Waals surface area contributed by atoms with E-state index in [1.165, 1.54) is 0 Å². The molecule has 0 amide bonds. The number of aromatic nitrogens is 3. The smallest absolute Gasteiger partial charge is 0.189 e. The highest BCUT2D eigenvalue weighted by atomic mass is 35.5. The number of hydrogen-bond acceptors (Lipinski definition) is 3. The largest absolute Gasteiger partial charge is 0.216 e. The highest BCUT2D eigenvalue weighted by molar-refractivity contribution is 7.92. The van der Waals surface area contributed by atoms with E-state index in [9.17, 15) is 3.89 Å². The predicted octanol–water partition coefficient (Wildman–Crippen LogP) is 3.80. The van der Waals surface area contributed by atoms with Gasteiger partial charge in [0.15, 0.2) is 18.0 Å². The van der Waals surface area contributed by atoms with Crippen LogP contribution in [0.25, 0.3) is 11.0 Å². The second kappa shape index (κ2) is 5.32. The van der Waals surface area contributed by atoms with E-state index in [-0.39, 0.29) is 12.3 Å². The van der Waals surface area contributed by atoms with Gasteiger partial charge in [-0.05, 0) is 19.1 Å². The second-order valence-electron chi connectivity index (χ2n) is 2.53. The molecule has 2 aromatic heterocycles. The Balaban J connectivity index is 0.000000531. The van der Waals surface area contributed by atoms with Crippen molar-refractivity contribution >= 4 is 35.0 Å². The van der Waals surface area contributed by atoms with E-state index in [1.54, 1.807) is 19.1 Å². The fourth-order valence-corrected chi connectivity index (χ4v) is 1.64. The summed E-state index contributed by atoms with van der Waals surface area (Å²) in [6.07, 6.45) is 0. The molecule has 2 aromatic rings. The van der Waals surface area contributed by atoms with Crippen LogP contribution in [0.2, 0.25) is 5.15 Å². The van der Waals surface area contributed by atoms with Gasteiger partial charge in [-0.15, -0.1) is 3.89 Å². The van der Waals surface area contributed by atoms with Crippen LogP contribution in [0.4, 0.5) is 3.89 Å². The van der Waals surface area contributed by atoms with Crippen LogP contribution in [0.3, 0.4) is 0 Å². The highest BCUT2D eigenvalue weighted by Crippen LogP contribution is 2.22. The lowest BCUT2D eigenvalue weighted by Crippen LogP contribution is -1.87. The lowest BCUT2D eigenvalue weighted by atomic mass is 10.3. The molecular weight excluding hydrogens is 237 g/mol. The molecule has 0 aliphatic rings. The summed E-state index contributed by atoms with van der Waals surface area (Å²) >= 11 is 5.69. The van der Waals surface area contributed by atoms with Gasteiger partial charge >= 0.3 is 0 Å². The van der Waals surface area contributed by atoms with Crippen molar-refractivity contribution < 1.29 is 3.89 Å². The van der Waals surface area contributed by atoms with Crippen LogP contribution in [0.5, 0.6) is 0 Å². The first-order chi connectivity index (χ1) is 7.22. The zero-order chi connectivity index (χ0) is 11.4. The van der Waals surface area contributed by atoms with Gasteiger partial charge in [0.25, 0.3) is 0 Å². The lowest BCUT2D eigenvalue weighted by molar-refractivity contribution is 0.877. The van der Waals surface area contributed by atoms with E-state index in [1.807, 2.05) is 13.8 Å². The molecule has 15 heavy (non-hydrogen) atoms. The van der Waals surface area contributed by atoms with Crippen molar-refractivity contribution in [2.75, 3.05) is 0 Å². The maximum absolute atomic E-state index is 12.3. The third-order valence-electron chi connectivity index (χ3n) is 1.72. The van der Waals surface area contributed by atoms with Crippen molar-refractivity contribution in [1.29, 1.82) is 0 Å². The van der Waals surface area contributed by atoms with Gasteiger partial charge in [0.2, 0.25) is 0 Å². The van der Waals surface area contributed by atoms with Crippen molar-refractivity contribution in [2.45, 2.75) is 20.8 Å². The number of hydrogen-bond donors (Lipinski definition) is 0. The molecule has 0 saturated carbocycles. The van der Waals surface area contributed by atoms with Crippen molar-refractivity contribution in [1.82, 2.24) is 14.2 Å². The molecule has 0 aliphatic carbocycles. The Morgan fingerprint density at radius 1 is 1.40 bits per heavy atom. The van der Waals surface area contributed by atoms with Crippen LogP contribution in [-0.4, -0.2) is 14.2 Å². The normalized spacial score (nSPS) is 9.93. The number of aryl methyl sites for hydroxylation is 1. The molecule has 0 unspecified atom stereocenters. The summed E-state index contributed by atoms with van der Waals surface area (Å²) in [5.41, 5.74) is 1.20. The summed E-state index contributed by atoms with van der Waals surface area (Å²) < 4.78 is 13.4. The zero-order valence-electron chi connectivity index (χ0n) is 8.66. The van der Waals surface area contributed by atoms with E-state index in [4.69, 9.17) is 11.6 Å². The van der Waals surface area contributed by atoms with Crippen molar-refractivity contribution in [3.63, 3.8) is 0 Å². The molecular formula is C9H11ClFN3S. The summed E-state index contributed by atoms with van der Waals surface area (Å²) in [5, 5.41) is 5.08. The lowest BCUT2D eigenvalue weighted by Gasteiger charge is -1.92. The monoisotopic (exact) mass is 247 g/mol. The fraction of sp³-hybridized carbons (Fsp3) is 0.333. The van der Waals surface area contributed by atoms with Crippen molar-refractivity contribution in [3.05, 3.63) is 23.0 Å². The summed E-state index contributed by atoms with van der Waals surface area (Å²) in [7, 11) is 0. The Hall–Kier alpha value is -0.810. The van der Waals surface area contributed by atoms with Gasteiger partial charge < -0.3 is 0 Å². The van der Waals surface area contributed by atoms with E-state index < -0.39 is 0 Å². The van der Waals surface area contributed by atoms with Gasteiger partial charge in [0.05, 0.1) is 5.69 Å². The minimum Gasteiger partial charge on any atom is -0.216 e. The van der Waals surface area contributed by atoms with E-state index in [0.29, 0.717) is 10.8 Å². The Labute approximate surface area is 97.1 Å². The van der Waals surface area contributed by atoms with Gasteiger partial charge in [-0.3, -0.25) is 0 Å². The Kier molecular flexibility index (Phi) is 4.35. The first kappa shape index (κ1) is 12.3. The number of halogens is 2. The standard InChI is InChI=1S/C7H5ClFN3S.C2H6/c1-4-5-2-3-6(8)10-7(5)12(11-4)13-9;1-2/h2-3H,1H3;1-2H3. The molecule has 0 spiro atoms. The molecule has 0 aliphatic heterocycles. The zero-order valence-corrected chi connectivity index (χ0v) is 10.2. The predicted molar refractivity (Wildman–Crippen MR) is 62.7 cm³/mol. The molecule has 0 saturated heterocycles. The molecule has 0 atom stereocenters. The molecule has 82 valence electrons. The average molecular weight is 248 g/mol. The van der Waals surface area contributed by atoms with Crippen LogP contribution >= 0.6 is 23.9 Å². The van der Waals surface area contributed by atoms with Crippen molar-refractivity contribution in [3.8, 4) is 0 Å². The van der Waals surface area contributed by atoms with Gasteiger partial charge in [-0.2, -0.15) is 9.19 Å². The molecule has 0 radical (unpaired) electrons. The minimum atomic E-state index is 0.0122. The third kappa shape index (κ3) is 2.41. The number of fused-ring (bicyclic) bond motifs is 1. The number of nitrogens with zero attached hydrogens (tertiary/aromatic N) is 3. The Morgan fingerprint density at radius 2 is 2.07 bits per heavy atom. The van der Waals surface area contributed by atoms with Gasteiger partial charge in [0, 0.05) is 5.39 Å². The first-order valence-electron chi connectivity index (χ1n) is 4.53. The van der Waals surface area contributed by atoms with Gasteiger partial charge in [-0.1, -0.05) is 25.4 Å². The quantitative estimate of drug-likeness (QED) is 0.718. The Morgan fingerprint density at radius 3 is 2.67 bits per heavy atom. The average Bonchev–Trinajstić information content (AvgIpc) is 2.58. The van der Waals surface area contributed by atoms with Crippen LogP contribution in [0.15, 0.2) is 12.1 Å². The van der Waals surface area contributed by atoms with E-state index in [0.717, 1.165) is 15.2 Å². The van der Waals surface area contributed by atoms with Crippen LogP contribution < -0.4 is 0 Å². The molecule has 3 nitrogen and oxygen atoms in total. The molecule has 2 rings (SSSR count). The molecule has 0 fully saturated rings. The van der Waals surface area contributed by atoms with Crippen LogP contribution in [0.1, 0.15) is 19.5 Å². The molecule has 2 heterocycles. The number of pyridine rings is 1. The van der Waals surface area contributed by atoms with E-state index >= 15 is 0 Å². The SMILES string of the molecule is CC.Cc1nn(SF)c2nc(Cl)ccc12. The Bertz CT molecular complexity index is 458. The maximum atomic E-state index is 12.3. The molecule has 0 aromatic carbocycles. The summed E-state index contributed by atoms with van der Waals surface area (Å²) in [5.74, 6) is 0. The molecule has 0 bridgehead atoms. The minimum absolute atomic E-state index is 0.0122. The maximum Gasteiger partial charge on any atom is 0.189 e. The first-order valence-corrected chi connectivity index (χ1v) is 5.58. The highest BCUT2D eigenvalue weighted by Gasteiger charge is 2.09. The topological polar surface area (TPSA) is 30.7 Å². The van der Waals surface area contributed by atoms with Crippen LogP contribution in [-0.2, 0) is 0 Å². The van der Waals surface area contributed by atoms with Gasteiger partial charge in [0.1, 0.15) is 5.15 Å². The van der Waals surface area contributed by atoms with Gasteiger partial charge in [-0.25, -0.2) is 4.98 Å². The molecule has 0 N–H and O–H groups in total. The van der Waals surface area contributed by atoms with E-state index in [2.05, 4.69) is 10.1 Å². The van der Waals surface area contributed by atoms with Crippen LogP contribution in [0, 0.1) is 6.92 Å². The number of rotatable bonds is 1. The summed E-state index contributed by atoms with van der Waals surface area (Å²) in [6, 6.07) is 3.44. The molecule has 6 heteroatoms. The third-order valence-corrected chi connectivity index (χ3v) is 2.31. The fourth-order valence-electron chi connectivity index (χ4n) is 1.14. The summed E-state index contributed by atoms with van der Waals surface area (Å²) in [6.45, 7) is 5.80.